The first-order valence-corrected chi connectivity index (χ1v) is 20.9. The largest absolute Gasteiger partial charge is 0.311 e. The van der Waals surface area contributed by atoms with Crippen molar-refractivity contribution in [2.75, 3.05) is 4.90 Å². The molecule has 286 valence electrons. The first kappa shape index (κ1) is 35.7. The Bertz CT molecular complexity index is 3190. The maximum Gasteiger partial charge on any atom is 0.0541 e. The average molecular weight is 769 g/mol. The molecule has 0 saturated heterocycles. The maximum atomic E-state index is 2.40. The monoisotopic (exact) mass is 768 g/mol. The van der Waals surface area contributed by atoms with E-state index in [9.17, 15) is 0 Å². The van der Waals surface area contributed by atoms with E-state index in [2.05, 4.69) is 243 Å². The van der Waals surface area contributed by atoms with E-state index in [1.807, 2.05) is 0 Å². The summed E-state index contributed by atoms with van der Waals surface area (Å²) in [6, 6.07) is 77.9. The lowest BCUT2D eigenvalue weighted by molar-refractivity contribution is 0.660. The molecule has 0 N–H and O–H groups in total. The van der Waals surface area contributed by atoms with Crippen LogP contribution in [0.1, 0.15) is 30.5 Å². The van der Waals surface area contributed by atoms with E-state index in [-0.39, 0.29) is 5.41 Å². The Hall–Kier alpha value is -7.42. The van der Waals surface area contributed by atoms with Crippen LogP contribution in [-0.4, -0.2) is 4.57 Å². The highest BCUT2D eigenvalue weighted by Crippen LogP contribution is 2.50. The lowest BCUT2D eigenvalue weighted by Gasteiger charge is -2.26. The van der Waals surface area contributed by atoms with Crippen LogP contribution in [0.3, 0.4) is 0 Å². The average Bonchev–Trinajstić information content (AvgIpc) is 3.75. The van der Waals surface area contributed by atoms with Crippen molar-refractivity contribution in [2.45, 2.75) is 26.2 Å². The second-order valence-corrected chi connectivity index (χ2v) is 16.7. The second kappa shape index (κ2) is 14.1. The van der Waals surface area contributed by atoms with Crippen molar-refractivity contribution in [3.05, 3.63) is 229 Å². The molecule has 11 rings (SSSR count). The van der Waals surface area contributed by atoms with Crippen LogP contribution >= 0.6 is 0 Å². The van der Waals surface area contributed by atoms with Gasteiger partial charge in [-0.15, -0.1) is 0 Å². The van der Waals surface area contributed by atoms with Crippen LogP contribution in [0.15, 0.2) is 212 Å². The van der Waals surface area contributed by atoms with Crippen molar-refractivity contribution in [1.29, 1.82) is 0 Å². The molecule has 0 unspecified atom stereocenters. The molecule has 0 atom stereocenters. The molecule has 1 aromatic heterocycles. The number of fused-ring (bicyclic) bond motifs is 6. The van der Waals surface area contributed by atoms with Crippen LogP contribution in [0.25, 0.3) is 72.0 Å². The Labute approximate surface area is 352 Å². The van der Waals surface area contributed by atoms with E-state index in [1.54, 1.807) is 0 Å². The number of anilines is 3. The van der Waals surface area contributed by atoms with Gasteiger partial charge in [-0.25, -0.2) is 0 Å². The van der Waals surface area contributed by atoms with Gasteiger partial charge in [0.15, 0.2) is 0 Å². The van der Waals surface area contributed by atoms with Gasteiger partial charge in [0.05, 0.1) is 11.0 Å². The fourth-order valence-corrected chi connectivity index (χ4v) is 9.50. The summed E-state index contributed by atoms with van der Waals surface area (Å²) in [5.74, 6) is 0. The fraction of sp³-hybridized carbons (Fsp3) is 0.0690. The van der Waals surface area contributed by atoms with Gasteiger partial charge < -0.3 is 9.47 Å². The lowest BCUT2D eigenvalue weighted by atomic mass is 9.81. The van der Waals surface area contributed by atoms with E-state index in [0.717, 1.165) is 22.7 Å². The number of aromatic nitrogens is 1. The Morgan fingerprint density at radius 3 is 1.38 bits per heavy atom. The minimum Gasteiger partial charge on any atom is -0.311 e. The molecule has 1 aliphatic carbocycles. The van der Waals surface area contributed by atoms with Gasteiger partial charge in [0.2, 0.25) is 0 Å². The molecule has 0 bridgehead atoms. The van der Waals surface area contributed by atoms with Gasteiger partial charge in [-0.2, -0.15) is 0 Å². The molecule has 0 saturated carbocycles. The molecule has 10 aromatic rings. The quantitative estimate of drug-likeness (QED) is 0.157. The highest BCUT2D eigenvalue weighted by atomic mass is 15.1. The molecule has 1 aliphatic rings. The first-order valence-electron chi connectivity index (χ1n) is 20.9. The predicted octanol–water partition coefficient (Wildman–Crippen LogP) is 15.9. The molecule has 2 heteroatoms. The van der Waals surface area contributed by atoms with Gasteiger partial charge >= 0.3 is 0 Å². The minimum absolute atomic E-state index is 0.0328. The van der Waals surface area contributed by atoms with Crippen LogP contribution in [0, 0.1) is 6.92 Å². The summed E-state index contributed by atoms with van der Waals surface area (Å²) in [7, 11) is 0. The van der Waals surface area contributed by atoms with Crippen molar-refractivity contribution in [2.24, 2.45) is 0 Å². The number of aryl methyl sites for hydroxylation is 1. The Morgan fingerprint density at radius 2 is 0.800 bits per heavy atom. The van der Waals surface area contributed by atoms with Crippen LogP contribution in [0.5, 0.6) is 0 Å². The van der Waals surface area contributed by atoms with Crippen molar-refractivity contribution in [1.82, 2.24) is 4.57 Å². The summed E-state index contributed by atoms with van der Waals surface area (Å²) in [5, 5.41) is 2.49. The lowest BCUT2D eigenvalue weighted by Crippen LogP contribution is -2.14. The predicted molar refractivity (Wildman–Crippen MR) is 254 cm³/mol. The molecule has 0 aliphatic heterocycles. The van der Waals surface area contributed by atoms with Crippen LogP contribution in [0.2, 0.25) is 0 Å². The molecule has 0 fully saturated rings. The summed E-state index contributed by atoms with van der Waals surface area (Å²) in [6.45, 7) is 6.84. The summed E-state index contributed by atoms with van der Waals surface area (Å²) in [5.41, 5.74) is 20.9. The third-order valence-electron chi connectivity index (χ3n) is 12.7. The molecule has 0 spiro atoms. The minimum atomic E-state index is -0.0328. The number of rotatable bonds is 7. The van der Waals surface area contributed by atoms with E-state index in [1.165, 1.54) is 83.0 Å². The van der Waals surface area contributed by atoms with E-state index < -0.39 is 0 Å². The Kier molecular flexibility index (Phi) is 8.42. The molecular weight excluding hydrogens is 725 g/mol. The number of benzene rings is 9. The third kappa shape index (κ3) is 5.95. The third-order valence-corrected chi connectivity index (χ3v) is 12.7. The van der Waals surface area contributed by atoms with Crippen LogP contribution in [-0.2, 0) is 5.41 Å². The first-order chi connectivity index (χ1) is 29.4. The number of hydrogen-bond acceptors (Lipinski definition) is 1. The van der Waals surface area contributed by atoms with E-state index in [0.29, 0.717) is 0 Å². The smallest absolute Gasteiger partial charge is 0.0541 e. The fourth-order valence-electron chi connectivity index (χ4n) is 9.50. The maximum absolute atomic E-state index is 2.40. The van der Waals surface area contributed by atoms with E-state index >= 15 is 0 Å². The van der Waals surface area contributed by atoms with Gasteiger partial charge in [0.25, 0.3) is 0 Å². The van der Waals surface area contributed by atoms with Crippen molar-refractivity contribution < 1.29 is 0 Å². The topological polar surface area (TPSA) is 8.17 Å². The van der Waals surface area contributed by atoms with E-state index in [4.69, 9.17) is 0 Å². The van der Waals surface area contributed by atoms with Crippen molar-refractivity contribution >= 4 is 38.9 Å². The summed E-state index contributed by atoms with van der Waals surface area (Å²) >= 11 is 0. The summed E-state index contributed by atoms with van der Waals surface area (Å²) in [4.78, 5) is 2.36. The zero-order valence-electron chi connectivity index (χ0n) is 34.1. The zero-order chi connectivity index (χ0) is 40.4. The molecular formula is C58H44N2. The molecule has 60 heavy (non-hydrogen) atoms. The molecule has 0 radical (unpaired) electrons. The number of para-hydroxylation sites is 1. The highest BCUT2D eigenvalue weighted by molar-refractivity contribution is 6.11. The van der Waals surface area contributed by atoms with Gasteiger partial charge in [0.1, 0.15) is 0 Å². The van der Waals surface area contributed by atoms with Gasteiger partial charge in [0, 0.05) is 38.9 Å². The molecule has 0 amide bonds. The van der Waals surface area contributed by atoms with Crippen molar-refractivity contribution in [3.63, 3.8) is 0 Å². The molecule has 2 nitrogen and oxygen atoms in total. The molecule has 1 heterocycles. The standard InChI is InChI=1S/C58H44N2/c1-39-18-27-47(28-19-39)59(49-31-22-42(23-32-49)45-24-33-51-50-16-10-11-17-54(50)58(2,3)55(51)38-45)48-29-20-41(21-30-48)44-26-35-57-53(37-44)52-36-43(40-12-6-4-7-13-40)25-34-56(52)60(57)46-14-8-5-9-15-46/h4-38H,1-3H3. The number of nitrogens with zero attached hydrogens (tertiary/aromatic N) is 2. The normalized spacial score (nSPS) is 12.7. The van der Waals surface area contributed by atoms with Gasteiger partial charge in [-0.3, -0.25) is 0 Å². The van der Waals surface area contributed by atoms with Gasteiger partial charge in [-0.1, -0.05) is 153 Å². The van der Waals surface area contributed by atoms with Crippen LogP contribution < -0.4 is 4.90 Å². The highest BCUT2D eigenvalue weighted by Gasteiger charge is 2.35. The molecule has 9 aromatic carbocycles. The van der Waals surface area contributed by atoms with Crippen LogP contribution in [0.4, 0.5) is 17.1 Å². The second-order valence-electron chi connectivity index (χ2n) is 16.7. The SMILES string of the molecule is Cc1ccc(N(c2ccc(-c3ccc4c(c3)C(C)(C)c3ccccc3-4)cc2)c2ccc(-c3ccc4c(c3)c3cc(-c5ccccc5)ccc3n4-c3ccccc3)cc2)cc1. The van der Waals surface area contributed by atoms with Crippen molar-refractivity contribution in [3.8, 4) is 50.2 Å². The Morgan fingerprint density at radius 1 is 0.367 bits per heavy atom. The van der Waals surface area contributed by atoms with Gasteiger partial charge in [-0.05, 0) is 141 Å². The summed E-state index contributed by atoms with van der Waals surface area (Å²) < 4.78 is 2.39. The summed E-state index contributed by atoms with van der Waals surface area (Å²) in [6.07, 6.45) is 0. The Balaban J connectivity index is 0.958. The zero-order valence-corrected chi connectivity index (χ0v) is 34.1. The number of hydrogen-bond donors (Lipinski definition) is 0.